The fourth-order valence-electron chi connectivity index (χ4n) is 1.32. The second kappa shape index (κ2) is 4.22. The lowest BCUT2D eigenvalue weighted by Crippen LogP contribution is -2.08. The average molecular weight is 253 g/mol. The van der Waals surface area contributed by atoms with Gasteiger partial charge < -0.3 is 5.73 Å². The van der Waals surface area contributed by atoms with Gasteiger partial charge in [-0.1, -0.05) is 0 Å². The van der Waals surface area contributed by atoms with Crippen LogP contribution in [-0.2, 0) is 16.4 Å². The van der Waals surface area contributed by atoms with Gasteiger partial charge in [-0.15, -0.1) is 5.10 Å². The molecule has 2 rings (SSSR count). The van der Waals surface area contributed by atoms with Gasteiger partial charge in [-0.05, 0) is 6.07 Å². The van der Waals surface area contributed by atoms with Gasteiger partial charge in [0.25, 0.3) is 0 Å². The first-order chi connectivity index (χ1) is 8.02. The largest absolute Gasteiger partial charge is 0.326 e. The second-order valence-electron chi connectivity index (χ2n) is 3.48. The first-order valence-electron chi connectivity index (χ1n) is 4.78. The Balaban J connectivity index is 2.51. The van der Waals surface area contributed by atoms with Crippen molar-refractivity contribution < 1.29 is 8.42 Å². The zero-order valence-electron chi connectivity index (χ0n) is 9.11. The molecule has 0 unspecified atom stereocenters. The van der Waals surface area contributed by atoms with Gasteiger partial charge in [0.15, 0.2) is 15.7 Å². The maximum Gasteiger partial charge on any atom is 0.180 e. The Morgan fingerprint density at radius 1 is 1.47 bits per heavy atom. The molecule has 0 atom stereocenters. The van der Waals surface area contributed by atoms with E-state index in [4.69, 9.17) is 5.73 Å². The predicted octanol–water partition coefficient (Wildman–Crippen LogP) is -0.476. The van der Waals surface area contributed by atoms with Crippen LogP contribution in [-0.4, -0.2) is 34.7 Å². The van der Waals surface area contributed by atoms with Crippen molar-refractivity contribution in [2.24, 2.45) is 5.73 Å². The van der Waals surface area contributed by atoms with Crippen molar-refractivity contribution in [3.05, 3.63) is 30.2 Å². The fourth-order valence-corrected chi connectivity index (χ4v) is 1.85. The number of rotatable bonds is 3. The molecule has 0 saturated carbocycles. The molecule has 0 amide bonds. The molecule has 2 N–H and O–H groups in total. The lowest BCUT2D eigenvalue weighted by Gasteiger charge is -2.03. The Labute approximate surface area is 98.2 Å². The van der Waals surface area contributed by atoms with Gasteiger partial charge in [-0.25, -0.2) is 13.1 Å². The molecule has 0 aliphatic rings. The summed E-state index contributed by atoms with van der Waals surface area (Å²) in [4.78, 5) is 0.131. The second-order valence-corrected chi connectivity index (χ2v) is 5.49. The maximum atomic E-state index is 11.3. The first-order valence-corrected chi connectivity index (χ1v) is 6.67. The molecule has 0 saturated heterocycles. The van der Waals surface area contributed by atoms with E-state index in [0.717, 1.165) is 11.8 Å². The van der Waals surface area contributed by atoms with Gasteiger partial charge in [0, 0.05) is 18.4 Å². The molecular weight excluding hydrogens is 242 g/mol. The van der Waals surface area contributed by atoms with Crippen molar-refractivity contribution in [2.45, 2.75) is 11.4 Å². The van der Waals surface area contributed by atoms with E-state index in [1.54, 1.807) is 6.07 Å². The molecule has 0 bridgehead atoms. The van der Waals surface area contributed by atoms with Crippen LogP contribution in [0.15, 0.2) is 29.6 Å². The average Bonchev–Trinajstić information content (AvgIpc) is 2.77. The minimum Gasteiger partial charge on any atom is -0.326 e. The third kappa shape index (κ3) is 2.32. The summed E-state index contributed by atoms with van der Waals surface area (Å²) >= 11 is 0. The molecule has 2 aromatic rings. The zero-order valence-corrected chi connectivity index (χ0v) is 9.92. The Morgan fingerprint density at radius 2 is 2.24 bits per heavy atom. The van der Waals surface area contributed by atoms with E-state index in [1.807, 2.05) is 0 Å². The highest BCUT2D eigenvalue weighted by Gasteiger charge is 2.13. The highest BCUT2D eigenvalue weighted by Crippen LogP contribution is 2.12. The van der Waals surface area contributed by atoms with Crippen LogP contribution in [0.3, 0.4) is 0 Å². The van der Waals surface area contributed by atoms with Crippen LogP contribution in [0, 0.1) is 0 Å². The SMILES string of the molecule is CS(=O)(=O)c1cnn(-c2nnccc2CN)c1. The Kier molecular flexibility index (Phi) is 2.90. The Bertz CT molecular complexity index is 634. The molecule has 90 valence electrons. The number of sulfone groups is 1. The topological polar surface area (TPSA) is 104 Å². The van der Waals surface area contributed by atoms with Gasteiger partial charge in [-0.2, -0.15) is 10.2 Å². The van der Waals surface area contributed by atoms with Crippen molar-refractivity contribution in [3.63, 3.8) is 0 Å². The Hall–Kier alpha value is -1.80. The third-order valence-electron chi connectivity index (χ3n) is 2.21. The standard InChI is InChI=1S/C9H11N5O2S/c1-17(15,16)8-5-12-14(6-8)9-7(4-10)2-3-11-13-9/h2-3,5-6H,4,10H2,1H3. The van der Waals surface area contributed by atoms with Crippen molar-refractivity contribution in [2.75, 3.05) is 6.26 Å². The summed E-state index contributed by atoms with van der Waals surface area (Å²) in [6, 6.07) is 1.71. The van der Waals surface area contributed by atoms with Crippen molar-refractivity contribution in [1.29, 1.82) is 0 Å². The van der Waals surface area contributed by atoms with Crippen molar-refractivity contribution in [3.8, 4) is 5.82 Å². The van der Waals surface area contributed by atoms with Crippen LogP contribution in [0.5, 0.6) is 0 Å². The summed E-state index contributed by atoms with van der Waals surface area (Å²) in [6.07, 6.45) is 5.30. The van der Waals surface area contributed by atoms with E-state index in [0.29, 0.717) is 5.82 Å². The smallest absolute Gasteiger partial charge is 0.180 e. The van der Waals surface area contributed by atoms with E-state index in [-0.39, 0.29) is 11.4 Å². The fraction of sp³-hybridized carbons (Fsp3) is 0.222. The lowest BCUT2D eigenvalue weighted by atomic mass is 10.3. The van der Waals surface area contributed by atoms with Crippen molar-refractivity contribution >= 4 is 9.84 Å². The summed E-state index contributed by atoms with van der Waals surface area (Å²) in [5.41, 5.74) is 6.29. The molecule has 0 aromatic carbocycles. The molecule has 0 aliphatic carbocycles. The highest BCUT2D eigenvalue weighted by molar-refractivity contribution is 7.90. The van der Waals surface area contributed by atoms with Crippen LogP contribution in [0.2, 0.25) is 0 Å². The number of hydrogen-bond donors (Lipinski definition) is 1. The number of aromatic nitrogens is 4. The van der Waals surface area contributed by atoms with Crippen LogP contribution in [0.1, 0.15) is 5.56 Å². The van der Waals surface area contributed by atoms with Gasteiger partial charge in [0.1, 0.15) is 4.90 Å². The molecule has 8 heteroatoms. The van der Waals surface area contributed by atoms with Crippen LogP contribution < -0.4 is 5.73 Å². The number of hydrogen-bond acceptors (Lipinski definition) is 6. The van der Waals surface area contributed by atoms with Crippen LogP contribution in [0.4, 0.5) is 0 Å². The third-order valence-corrected chi connectivity index (χ3v) is 3.27. The van der Waals surface area contributed by atoms with Gasteiger partial charge >= 0.3 is 0 Å². The summed E-state index contributed by atoms with van der Waals surface area (Å²) < 4.78 is 24.0. The summed E-state index contributed by atoms with van der Waals surface area (Å²) in [6.45, 7) is 0.277. The molecular formula is C9H11N5O2S. The van der Waals surface area contributed by atoms with Crippen LogP contribution in [0.25, 0.3) is 5.82 Å². The summed E-state index contributed by atoms with van der Waals surface area (Å²) in [7, 11) is -3.27. The lowest BCUT2D eigenvalue weighted by molar-refractivity contribution is 0.602. The molecule has 2 aromatic heterocycles. The quantitative estimate of drug-likeness (QED) is 0.792. The molecule has 2 heterocycles. The molecule has 17 heavy (non-hydrogen) atoms. The zero-order chi connectivity index (χ0) is 12.5. The molecule has 0 aliphatic heterocycles. The predicted molar refractivity (Wildman–Crippen MR) is 60.2 cm³/mol. The van der Waals surface area contributed by atoms with Gasteiger partial charge in [0.05, 0.1) is 18.6 Å². The first kappa shape index (κ1) is 11.7. The van der Waals surface area contributed by atoms with Crippen molar-refractivity contribution in [1.82, 2.24) is 20.0 Å². The monoisotopic (exact) mass is 253 g/mol. The Morgan fingerprint density at radius 3 is 2.82 bits per heavy atom. The van der Waals surface area contributed by atoms with Gasteiger partial charge in [-0.3, -0.25) is 0 Å². The van der Waals surface area contributed by atoms with E-state index in [1.165, 1.54) is 23.3 Å². The van der Waals surface area contributed by atoms with E-state index >= 15 is 0 Å². The van der Waals surface area contributed by atoms with E-state index in [2.05, 4.69) is 15.3 Å². The normalized spacial score (nSPS) is 11.6. The minimum atomic E-state index is -3.27. The minimum absolute atomic E-state index is 0.131. The maximum absolute atomic E-state index is 11.3. The number of nitrogens with two attached hydrogens (primary N) is 1. The molecule has 0 spiro atoms. The van der Waals surface area contributed by atoms with E-state index < -0.39 is 9.84 Å². The van der Waals surface area contributed by atoms with E-state index in [9.17, 15) is 8.42 Å². The summed E-state index contributed by atoms with van der Waals surface area (Å²) in [5.74, 6) is 0.435. The van der Waals surface area contributed by atoms with Crippen LogP contribution >= 0.6 is 0 Å². The number of nitrogens with zero attached hydrogens (tertiary/aromatic N) is 4. The highest BCUT2D eigenvalue weighted by atomic mass is 32.2. The van der Waals surface area contributed by atoms with Gasteiger partial charge in [0.2, 0.25) is 0 Å². The molecule has 0 fully saturated rings. The summed E-state index contributed by atoms with van der Waals surface area (Å²) in [5, 5.41) is 11.6. The molecule has 7 nitrogen and oxygen atoms in total. The molecule has 0 radical (unpaired) electrons.